The zero-order valence-corrected chi connectivity index (χ0v) is 27.7. The van der Waals surface area contributed by atoms with E-state index >= 15 is 0 Å². The molecule has 0 bridgehead atoms. The molecule has 2 aliphatic heterocycles. The number of nitrogens with zero attached hydrogens (tertiary/aromatic N) is 1. The van der Waals surface area contributed by atoms with Gasteiger partial charge in [-0.3, -0.25) is 43.2 Å². The summed E-state index contributed by atoms with van der Waals surface area (Å²) in [6.07, 6.45) is -1.21. The van der Waals surface area contributed by atoms with Crippen LogP contribution < -0.4 is 43.0 Å². The number of nitrogens with one attached hydrogen (secondary N) is 7. The minimum Gasteiger partial charge on any atom is -0.394 e. The van der Waals surface area contributed by atoms with Crippen molar-refractivity contribution in [3.63, 3.8) is 0 Å². The Labute approximate surface area is 282 Å². The molecule has 7 atom stereocenters. The van der Waals surface area contributed by atoms with Gasteiger partial charge in [0.25, 0.3) is 0 Å². The van der Waals surface area contributed by atoms with Crippen molar-refractivity contribution in [3.8, 4) is 0 Å². The first-order valence-corrected chi connectivity index (χ1v) is 15.9. The second-order valence-corrected chi connectivity index (χ2v) is 12.0. The highest BCUT2D eigenvalue weighted by atomic mass is 16.3. The van der Waals surface area contributed by atoms with Gasteiger partial charge >= 0.3 is 0 Å². The van der Waals surface area contributed by atoms with Gasteiger partial charge in [0.05, 0.1) is 45.3 Å². The van der Waals surface area contributed by atoms with Gasteiger partial charge in [0.2, 0.25) is 53.2 Å². The van der Waals surface area contributed by atoms with Gasteiger partial charge in [-0.05, 0) is 18.8 Å². The minimum absolute atomic E-state index is 0.0373. The molecule has 0 saturated carbocycles. The number of carbonyl (C=O) groups is 9. The molecular formula is C29H47N9O11. The average Bonchev–Trinajstić information content (AvgIpc) is 3.57. The first kappa shape index (κ1) is 40.3. The highest BCUT2D eigenvalue weighted by Gasteiger charge is 2.41. The van der Waals surface area contributed by atoms with E-state index in [-0.39, 0.29) is 13.0 Å². The molecule has 0 aromatic heterocycles. The van der Waals surface area contributed by atoms with E-state index in [0.717, 1.165) is 4.90 Å². The topological polar surface area (TPSA) is 308 Å². The van der Waals surface area contributed by atoms with Crippen LogP contribution in [0.1, 0.15) is 46.5 Å². The summed E-state index contributed by atoms with van der Waals surface area (Å²) in [5.74, 6) is -8.97. The van der Waals surface area contributed by atoms with Crippen molar-refractivity contribution < 1.29 is 53.4 Å². The van der Waals surface area contributed by atoms with Crippen molar-refractivity contribution in [1.82, 2.24) is 42.1 Å². The van der Waals surface area contributed by atoms with Crippen LogP contribution in [0.25, 0.3) is 0 Å². The summed E-state index contributed by atoms with van der Waals surface area (Å²) >= 11 is 0. The van der Waals surface area contributed by atoms with Crippen LogP contribution in [0.15, 0.2) is 0 Å². The lowest BCUT2D eigenvalue weighted by Gasteiger charge is -2.31. The summed E-state index contributed by atoms with van der Waals surface area (Å²) in [4.78, 5) is 116. The predicted octanol–water partition coefficient (Wildman–Crippen LogP) is -6.18. The van der Waals surface area contributed by atoms with E-state index < -0.39 is 134 Å². The van der Waals surface area contributed by atoms with Gasteiger partial charge in [0.1, 0.15) is 24.2 Å². The van der Waals surface area contributed by atoms with Crippen molar-refractivity contribution in [2.24, 2.45) is 17.6 Å². The smallest absolute Gasteiger partial charge is 0.246 e. The molecule has 9 amide bonds. The van der Waals surface area contributed by atoms with Gasteiger partial charge in [0.15, 0.2) is 0 Å². The van der Waals surface area contributed by atoms with Crippen molar-refractivity contribution in [2.75, 3.05) is 39.3 Å². The summed E-state index contributed by atoms with van der Waals surface area (Å²) in [6, 6.07) is -5.31. The minimum atomic E-state index is -1.52. The second kappa shape index (κ2) is 19.2. The van der Waals surface area contributed by atoms with Gasteiger partial charge in [-0.25, -0.2) is 0 Å². The van der Waals surface area contributed by atoms with Crippen LogP contribution in [-0.4, -0.2) is 138 Å². The lowest BCUT2D eigenvalue weighted by molar-refractivity contribution is -0.143. The maximum Gasteiger partial charge on any atom is 0.246 e. The van der Waals surface area contributed by atoms with E-state index in [1.807, 2.05) is 0 Å². The molecule has 2 aliphatic rings. The van der Waals surface area contributed by atoms with Crippen LogP contribution in [0.4, 0.5) is 0 Å². The van der Waals surface area contributed by atoms with Crippen LogP contribution in [0.5, 0.6) is 0 Å². The Morgan fingerprint density at radius 2 is 1.33 bits per heavy atom. The fraction of sp³-hybridized carbons (Fsp3) is 0.690. The van der Waals surface area contributed by atoms with Crippen molar-refractivity contribution >= 4 is 53.2 Å². The zero-order chi connectivity index (χ0) is 36.8. The van der Waals surface area contributed by atoms with Crippen LogP contribution in [-0.2, 0) is 43.2 Å². The first-order chi connectivity index (χ1) is 23.1. The van der Waals surface area contributed by atoms with E-state index in [0.29, 0.717) is 12.8 Å². The number of primary amides is 1. The highest BCUT2D eigenvalue weighted by Crippen LogP contribution is 2.20. The largest absolute Gasteiger partial charge is 0.394 e. The first-order valence-electron chi connectivity index (χ1n) is 15.9. The molecule has 2 saturated heterocycles. The monoisotopic (exact) mass is 697 g/mol. The number of hydrogen-bond acceptors (Lipinski definition) is 11. The molecule has 0 aromatic rings. The van der Waals surface area contributed by atoms with Crippen LogP contribution >= 0.6 is 0 Å². The number of aliphatic hydroxyl groups is 2. The van der Waals surface area contributed by atoms with E-state index in [1.54, 1.807) is 13.8 Å². The quantitative estimate of drug-likeness (QED) is 0.119. The van der Waals surface area contributed by atoms with Crippen molar-refractivity contribution in [2.45, 2.75) is 76.7 Å². The molecule has 0 aromatic carbocycles. The number of aliphatic hydroxyl groups excluding tert-OH is 2. The predicted molar refractivity (Wildman–Crippen MR) is 168 cm³/mol. The standard InChI is InChI=1S/C29H47N9O11/c1-4-14(2)24-27(47)33-9-20(42)31-11-22(44)35-16(8-19(30)41)29(49)38-7-5-6-17(38)26(46)37-25(15(3)18(40)13-39)28(48)34-10-21(43)32-12-23(45)36-24/h14-18,24-25,39-40H,4-13H2,1-3H3,(H2,30,41)(H,31,42)(H,32,43)(H,33,47)(H,34,48)(H,35,44)(H,36,45)(H,37,46)/t14-,15-,16-,17-,18-,24-,25-/m0/s1. The molecule has 0 aliphatic carbocycles. The Balaban J connectivity index is 2.39. The number of amides is 9. The zero-order valence-electron chi connectivity index (χ0n) is 27.7. The van der Waals surface area contributed by atoms with Crippen molar-refractivity contribution in [3.05, 3.63) is 0 Å². The Hall–Kier alpha value is -4.85. The number of hydrogen-bond donors (Lipinski definition) is 10. The van der Waals surface area contributed by atoms with Gasteiger partial charge in [-0.2, -0.15) is 0 Å². The van der Waals surface area contributed by atoms with E-state index in [2.05, 4.69) is 37.2 Å². The molecule has 0 unspecified atom stereocenters. The summed E-state index contributed by atoms with van der Waals surface area (Å²) in [5, 5.41) is 36.3. The molecule has 20 heteroatoms. The molecular weight excluding hydrogens is 650 g/mol. The van der Waals surface area contributed by atoms with Crippen molar-refractivity contribution in [1.29, 1.82) is 0 Å². The third-order valence-electron chi connectivity index (χ3n) is 8.33. The fourth-order valence-electron chi connectivity index (χ4n) is 5.19. The third kappa shape index (κ3) is 12.3. The molecule has 20 nitrogen and oxygen atoms in total. The van der Waals surface area contributed by atoms with Crippen LogP contribution in [0.3, 0.4) is 0 Å². The summed E-state index contributed by atoms with van der Waals surface area (Å²) < 4.78 is 0. The van der Waals surface area contributed by atoms with Gasteiger partial charge in [-0.15, -0.1) is 0 Å². The number of fused-ring (bicyclic) bond motifs is 1. The molecule has 11 N–H and O–H groups in total. The number of carbonyl (C=O) groups excluding carboxylic acids is 9. The van der Waals surface area contributed by atoms with Gasteiger partial charge < -0.3 is 58.1 Å². The molecule has 0 spiro atoms. The Morgan fingerprint density at radius 3 is 1.86 bits per heavy atom. The SMILES string of the molecule is CC[C@H](C)[C@@H]1NC(=O)CNC(=O)CNC(=O)[C@H]([C@@H](C)[C@@H](O)CO)NC(=O)[C@@H]2CCCN2C(=O)[C@H](CC(N)=O)NC(=O)CNC(=O)CNC1=O. The summed E-state index contributed by atoms with van der Waals surface area (Å²) in [5.41, 5.74) is 5.31. The van der Waals surface area contributed by atoms with E-state index in [1.165, 1.54) is 6.92 Å². The Kier molecular flexibility index (Phi) is 15.8. The normalized spacial score (nSPS) is 26.3. The second-order valence-electron chi connectivity index (χ2n) is 12.0. The molecule has 2 fully saturated rings. The van der Waals surface area contributed by atoms with E-state index in [4.69, 9.17) is 5.73 Å². The Morgan fingerprint density at radius 1 is 0.796 bits per heavy atom. The lowest BCUT2D eigenvalue weighted by atomic mass is 9.94. The molecule has 274 valence electrons. The molecule has 49 heavy (non-hydrogen) atoms. The molecule has 0 radical (unpaired) electrons. The summed E-state index contributed by atoms with van der Waals surface area (Å²) in [7, 11) is 0. The third-order valence-corrected chi connectivity index (χ3v) is 8.33. The molecule has 2 rings (SSSR count). The number of rotatable bonds is 7. The van der Waals surface area contributed by atoms with Gasteiger partial charge in [-0.1, -0.05) is 27.2 Å². The number of nitrogens with two attached hydrogens (primary N) is 1. The van der Waals surface area contributed by atoms with Gasteiger partial charge in [0, 0.05) is 12.5 Å². The summed E-state index contributed by atoms with van der Waals surface area (Å²) in [6.45, 7) is 1.61. The lowest BCUT2D eigenvalue weighted by Crippen LogP contribution is -2.60. The molecule has 2 heterocycles. The maximum atomic E-state index is 13.5. The maximum absolute atomic E-state index is 13.5. The van der Waals surface area contributed by atoms with E-state index in [9.17, 15) is 53.4 Å². The Bertz CT molecular complexity index is 1280. The van der Waals surface area contributed by atoms with Crippen LogP contribution in [0.2, 0.25) is 0 Å². The fourth-order valence-corrected chi connectivity index (χ4v) is 5.19. The highest BCUT2D eigenvalue weighted by molar-refractivity contribution is 5.98. The average molecular weight is 698 g/mol. The van der Waals surface area contributed by atoms with Crippen LogP contribution in [0, 0.1) is 11.8 Å².